The van der Waals surface area contributed by atoms with Gasteiger partial charge in [-0.1, -0.05) is 15.9 Å². The van der Waals surface area contributed by atoms with Gasteiger partial charge in [-0.25, -0.2) is 4.79 Å². The summed E-state index contributed by atoms with van der Waals surface area (Å²) in [7, 11) is 0. The van der Waals surface area contributed by atoms with Gasteiger partial charge in [-0.05, 0) is 29.1 Å². The molecule has 0 amide bonds. The number of rotatable bonds is 4. The number of aromatic carboxylic acids is 1. The third-order valence-corrected chi connectivity index (χ3v) is 4.37. The third kappa shape index (κ3) is 2.53. The van der Waals surface area contributed by atoms with Crippen molar-refractivity contribution in [2.45, 2.75) is 13.0 Å². The predicted octanol–water partition coefficient (Wildman–Crippen LogP) is 3.72. The monoisotopic (exact) mass is 354 g/mol. The summed E-state index contributed by atoms with van der Waals surface area (Å²) < 4.78 is 12.2. The van der Waals surface area contributed by atoms with Crippen LogP contribution in [0, 0.1) is 0 Å². The number of carbonyl (C=O) groups is 1. The van der Waals surface area contributed by atoms with Gasteiger partial charge in [0, 0.05) is 16.5 Å². The molecule has 0 aliphatic carbocycles. The van der Waals surface area contributed by atoms with E-state index in [-0.39, 0.29) is 4.88 Å². The minimum atomic E-state index is -0.967. The first kappa shape index (κ1) is 13.5. The van der Waals surface area contributed by atoms with Crippen LogP contribution in [0.5, 0.6) is 11.5 Å². The number of carboxylic acids is 1. The summed E-state index contributed by atoms with van der Waals surface area (Å²) in [5, 5.41) is 10.8. The molecule has 0 unspecified atom stereocenters. The van der Waals surface area contributed by atoms with Gasteiger partial charge in [0.05, 0.1) is 6.61 Å². The minimum Gasteiger partial charge on any atom is -0.493 e. The van der Waals surface area contributed by atoms with Gasteiger partial charge in [0.2, 0.25) is 0 Å². The van der Waals surface area contributed by atoms with E-state index >= 15 is 0 Å². The standard InChI is InChI=1S/C14H11BrO4S/c15-10-5-8-1-3-18-12(8)9(6-10)7-19-11-2-4-20-13(11)14(16)17/h2,4-6H,1,3,7H2,(H,16,17). The van der Waals surface area contributed by atoms with Gasteiger partial charge in [-0.2, -0.15) is 0 Å². The second-order valence-electron chi connectivity index (χ2n) is 4.36. The van der Waals surface area contributed by atoms with E-state index in [1.807, 2.05) is 12.1 Å². The van der Waals surface area contributed by atoms with Gasteiger partial charge in [0.25, 0.3) is 0 Å². The Morgan fingerprint density at radius 3 is 3.15 bits per heavy atom. The fourth-order valence-electron chi connectivity index (χ4n) is 2.18. The second kappa shape index (κ2) is 5.46. The molecule has 0 atom stereocenters. The molecule has 1 N–H and O–H groups in total. The summed E-state index contributed by atoms with van der Waals surface area (Å²) in [5.74, 6) is 0.292. The first-order chi connectivity index (χ1) is 9.65. The zero-order valence-corrected chi connectivity index (χ0v) is 12.8. The van der Waals surface area contributed by atoms with Crippen molar-refractivity contribution in [2.24, 2.45) is 0 Å². The first-order valence-corrected chi connectivity index (χ1v) is 7.70. The number of thiophene rings is 1. The van der Waals surface area contributed by atoms with Crippen molar-refractivity contribution in [3.8, 4) is 11.5 Å². The summed E-state index contributed by atoms with van der Waals surface area (Å²) in [4.78, 5) is 11.3. The largest absolute Gasteiger partial charge is 0.493 e. The summed E-state index contributed by atoms with van der Waals surface area (Å²) >= 11 is 4.63. The van der Waals surface area contributed by atoms with Crippen LogP contribution in [0.25, 0.3) is 0 Å². The maximum Gasteiger partial charge on any atom is 0.349 e. The number of carboxylic acid groups (broad SMARTS) is 1. The van der Waals surface area contributed by atoms with Crippen LogP contribution in [-0.2, 0) is 13.0 Å². The van der Waals surface area contributed by atoms with Crippen LogP contribution in [0.4, 0.5) is 0 Å². The fraction of sp³-hybridized carbons (Fsp3) is 0.214. The lowest BCUT2D eigenvalue weighted by Crippen LogP contribution is -2.01. The van der Waals surface area contributed by atoms with Crippen molar-refractivity contribution in [1.29, 1.82) is 0 Å². The fourth-order valence-corrected chi connectivity index (χ4v) is 3.40. The average Bonchev–Trinajstić information content (AvgIpc) is 3.03. The van der Waals surface area contributed by atoms with E-state index in [4.69, 9.17) is 14.6 Å². The van der Waals surface area contributed by atoms with Crippen molar-refractivity contribution in [3.63, 3.8) is 0 Å². The van der Waals surface area contributed by atoms with Gasteiger partial charge < -0.3 is 14.6 Å². The number of benzene rings is 1. The highest BCUT2D eigenvalue weighted by atomic mass is 79.9. The normalized spacial score (nSPS) is 12.8. The highest BCUT2D eigenvalue weighted by Gasteiger charge is 2.19. The van der Waals surface area contributed by atoms with Crippen LogP contribution in [0.3, 0.4) is 0 Å². The molecule has 0 fully saturated rings. The van der Waals surface area contributed by atoms with Gasteiger partial charge in [0.15, 0.2) is 4.88 Å². The number of hydrogen-bond donors (Lipinski definition) is 1. The Balaban J connectivity index is 1.82. The van der Waals surface area contributed by atoms with E-state index < -0.39 is 5.97 Å². The molecule has 1 aromatic carbocycles. The zero-order chi connectivity index (χ0) is 14.1. The van der Waals surface area contributed by atoms with Crippen molar-refractivity contribution in [2.75, 3.05) is 6.61 Å². The molecule has 104 valence electrons. The molecule has 2 heterocycles. The van der Waals surface area contributed by atoms with Gasteiger partial charge in [0.1, 0.15) is 18.1 Å². The van der Waals surface area contributed by atoms with Crippen LogP contribution in [0.2, 0.25) is 0 Å². The van der Waals surface area contributed by atoms with Crippen molar-refractivity contribution in [1.82, 2.24) is 0 Å². The average molecular weight is 355 g/mol. The molecule has 2 aromatic rings. The number of fused-ring (bicyclic) bond motifs is 1. The molecule has 1 aliphatic rings. The number of ether oxygens (including phenoxy) is 2. The van der Waals surface area contributed by atoms with Gasteiger partial charge >= 0.3 is 5.97 Å². The smallest absolute Gasteiger partial charge is 0.349 e. The molecule has 20 heavy (non-hydrogen) atoms. The lowest BCUT2D eigenvalue weighted by Gasteiger charge is -2.10. The molecule has 0 bridgehead atoms. The summed E-state index contributed by atoms with van der Waals surface area (Å²) in [6.45, 7) is 0.969. The number of halogens is 1. The molecule has 0 spiro atoms. The highest BCUT2D eigenvalue weighted by molar-refractivity contribution is 9.10. The molecule has 4 nitrogen and oxygen atoms in total. The zero-order valence-electron chi connectivity index (χ0n) is 10.4. The Labute approximate surface area is 128 Å². The lowest BCUT2D eigenvalue weighted by atomic mass is 10.1. The van der Waals surface area contributed by atoms with Crippen molar-refractivity contribution in [3.05, 3.63) is 44.1 Å². The summed E-state index contributed by atoms with van der Waals surface area (Å²) in [5.41, 5.74) is 2.08. The van der Waals surface area contributed by atoms with Crippen molar-refractivity contribution < 1.29 is 19.4 Å². The van der Waals surface area contributed by atoms with Crippen LogP contribution in [-0.4, -0.2) is 17.7 Å². The molecule has 1 aliphatic heterocycles. The predicted molar refractivity (Wildman–Crippen MR) is 79.0 cm³/mol. The van der Waals surface area contributed by atoms with Crippen molar-refractivity contribution >= 4 is 33.2 Å². The van der Waals surface area contributed by atoms with Gasteiger partial charge in [-0.3, -0.25) is 0 Å². The van der Waals surface area contributed by atoms with Gasteiger partial charge in [-0.15, -0.1) is 11.3 Å². The summed E-state index contributed by atoms with van der Waals surface area (Å²) in [6.07, 6.45) is 0.889. The Kier molecular flexibility index (Phi) is 3.67. The van der Waals surface area contributed by atoms with Crippen LogP contribution in [0.1, 0.15) is 20.8 Å². The number of hydrogen-bond acceptors (Lipinski definition) is 4. The maximum atomic E-state index is 11.0. The van der Waals surface area contributed by atoms with E-state index in [9.17, 15) is 4.79 Å². The summed E-state index contributed by atoms with van der Waals surface area (Å²) in [6, 6.07) is 5.66. The Morgan fingerprint density at radius 2 is 2.35 bits per heavy atom. The molecule has 6 heteroatoms. The van der Waals surface area contributed by atoms with Crippen LogP contribution in [0.15, 0.2) is 28.1 Å². The lowest BCUT2D eigenvalue weighted by molar-refractivity contribution is 0.0697. The van der Waals surface area contributed by atoms with E-state index in [0.29, 0.717) is 19.0 Å². The Bertz CT molecular complexity index is 665. The molecule has 3 rings (SSSR count). The van der Waals surface area contributed by atoms with Crippen LogP contribution < -0.4 is 9.47 Å². The van der Waals surface area contributed by atoms with E-state index in [0.717, 1.165) is 39.1 Å². The molecule has 0 saturated carbocycles. The second-order valence-corrected chi connectivity index (χ2v) is 6.19. The maximum absolute atomic E-state index is 11.0. The molecular weight excluding hydrogens is 344 g/mol. The topological polar surface area (TPSA) is 55.8 Å². The molecular formula is C14H11BrO4S. The third-order valence-electron chi connectivity index (χ3n) is 3.03. The molecule has 1 aromatic heterocycles. The van der Waals surface area contributed by atoms with E-state index in [2.05, 4.69) is 15.9 Å². The minimum absolute atomic E-state index is 0.220. The SMILES string of the molecule is O=C(O)c1sccc1OCc1cc(Br)cc2c1OCC2. The molecule has 0 saturated heterocycles. The Hall–Kier alpha value is -1.53. The van der Waals surface area contributed by atoms with Crippen LogP contribution >= 0.6 is 27.3 Å². The quantitative estimate of drug-likeness (QED) is 0.908. The van der Waals surface area contributed by atoms with E-state index in [1.54, 1.807) is 11.4 Å². The van der Waals surface area contributed by atoms with E-state index in [1.165, 1.54) is 0 Å². The highest BCUT2D eigenvalue weighted by Crippen LogP contribution is 2.34. The molecule has 0 radical (unpaired) electrons. The first-order valence-electron chi connectivity index (χ1n) is 6.03. The Morgan fingerprint density at radius 1 is 1.50 bits per heavy atom.